The van der Waals surface area contributed by atoms with Crippen molar-refractivity contribution in [1.29, 1.82) is 5.26 Å². The quantitative estimate of drug-likeness (QED) is 0.477. The first kappa shape index (κ1) is 17.0. The molecule has 1 N–H and O–H groups in total. The van der Waals surface area contributed by atoms with Gasteiger partial charge in [0.05, 0.1) is 11.3 Å². The van der Waals surface area contributed by atoms with Crippen LogP contribution in [0.2, 0.25) is 0 Å². The fourth-order valence-corrected chi connectivity index (χ4v) is 2.65. The van der Waals surface area contributed by atoms with Gasteiger partial charge in [-0.25, -0.2) is 4.79 Å². The fourth-order valence-electron chi connectivity index (χ4n) is 1.60. The van der Waals surface area contributed by atoms with Gasteiger partial charge in [-0.05, 0) is 58.0 Å². The number of rotatable bonds is 5. The van der Waals surface area contributed by atoms with E-state index < -0.39 is 18.5 Å². The average molecular weight is 392 g/mol. The van der Waals surface area contributed by atoms with Gasteiger partial charge in [0.15, 0.2) is 6.61 Å². The minimum atomic E-state index is -0.618. The predicted molar refractivity (Wildman–Crippen MR) is 88.8 cm³/mol. The third kappa shape index (κ3) is 5.09. The number of carbonyl (C=O) groups is 2. The molecule has 0 aliphatic heterocycles. The standard InChI is InChI=1S/C15H10BrN3O3S/c16-12-6-11(23-9-17)3-4-13(12)19-14(20)8-22-15(21)10-2-1-5-18-7-10/h1-7H,8H2,(H,19,20). The number of benzene rings is 1. The lowest BCUT2D eigenvalue weighted by Crippen LogP contribution is -2.21. The van der Waals surface area contributed by atoms with Crippen LogP contribution >= 0.6 is 27.7 Å². The molecule has 1 aromatic carbocycles. The third-order valence-electron chi connectivity index (χ3n) is 2.61. The van der Waals surface area contributed by atoms with Crippen molar-refractivity contribution in [2.75, 3.05) is 11.9 Å². The van der Waals surface area contributed by atoms with Crippen molar-refractivity contribution in [2.24, 2.45) is 0 Å². The summed E-state index contributed by atoms with van der Waals surface area (Å²) < 4.78 is 5.54. The molecule has 0 radical (unpaired) electrons. The monoisotopic (exact) mass is 391 g/mol. The lowest BCUT2D eigenvalue weighted by Gasteiger charge is -2.09. The Balaban J connectivity index is 1.90. The number of hydrogen-bond donors (Lipinski definition) is 1. The van der Waals surface area contributed by atoms with Crippen molar-refractivity contribution >= 4 is 45.3 Å². The number of thioether (sulfide) groups is 1. The summed E-state index contributed by atoms with van der Waals surface area (Å²) in [4.78, 5) is 28.1. The van der Waals surface area contributed by atoms with E-state index in [1.807, 2.05) is 5.40 Å². The first-order valence-corrected chi connectivity index (χ1v) is 7.93. The lowest BCUT2D eigenvalue weighted by atomic mass is 10.3. The highest BCUT2D eigenvalue weighted by Gasteiger charge is 2.11. The van der Waals surface area contributed by atoms with Gasteiger partial charge in [0, 0.05) is 21.8 Å². The van der Waals surface area contributed by atoms with Crippen molar-refractivity contribution in [3.05, 3.63) is 52.8 Å². The number of anilines is 1. The molecule has 0 aliphatic carbocycles. The number of nitriles is 1. The Hall–Kier alpha value is -2.37. The maximum absolute atomic E-state index is 11.8. The predicted octanol–water partition coefficient (Wildman–Crippen LogP) is 3.21. The molecule has 23 heavy (non-hydrogen) atoms. The molecule has 1 aromatic heterocycles. The van der Waals surface area contributed by atoms with Gasteiger partial charge in [-0.15, -0.1) is 0 Å². The molecule has 2 aromatic rings. The Morgan fingerprint density at radius 1 is 1.39 bits per heavy atom. The molecule has 1 heterocycles. The Bertz CT molecular complexity index is 762. The molecule has 0 fully saturated rings. The van der Waals surface area contributed by atoms with E-state index in [2.05, 4.69) is 26.2 Å². The van der Waals surface area contributed by atoms with E-state index in [-0.39, 0.29) is 5.56 Å². The molecule has 0 saturated heterocycles. The van der Waals surface area contributed by atoms with Gasteiger partial charge < -0.3 is 10.1 Å². The van der Waals surface area contributed by atoms with Crippen molar-refractivity contribution in [3.63, 3.8) is 0 Å². The van der Waals surface area contributed by atoms with Crippen molar-refractivity contribution in [1.82, 2.24) is 4.98 Å². The number of thiocyanates is 1. The Morgan fingerprint density at radius 3 is 2.87 bits per heavy atom. The zero-order chi connectivity index (χ0) is 16.7. The summed E-state index contributed by atoms with van der Waals surface area (Å²) in [5, 5.41) is 13.2. The number of halogens is 1. The Labute approximate surface area is 145 Å². The van der Waals surface area contributed by atoms with Crippen molar-refractivity contribution in [2.45, 2.75) is 4.90 Å². The minimum absolute atomic E-state index is 0.277. The van der Waals surface area contributed by atoms with Crippen LogP contribution in [-0.4, -0.2) is 23.5 Å². The topological polar surface area (TPSA) is 92.1 Å². The van der Waals surface area contributed by atoms with E-state index in [4.69, 9.17) is 10.00 Å². The summed E-state index contributed by atoms with van der Waals surface area (Å²) >= 11 is 4.33. The number of ether oxygens (including phenoxy) is 1. The second-order valence-corrected chi connectivity index (χ2v) is 5.91. The smallest absolute Gasteiger partial charge is 0.340 e. The Kier molecular flexibility index (Phi) is 6.14. The van der Waals surface area contributed by atoms with Crippen molar-refractivity contribution in [3.8, 4) is 5.40 Å². The highest BCUT2D eigenvalue weighted by atomic mass is 79.9. The summed E-state index contributed by atoms with van der Waals surface area (Å²) in [6, 6.07) is 8.23. The first-order chi connectivity index (χ1) is 11.1. The summed E-state index contributed by atoms with van der Waals surface area (Å²) in [6.07, 6.45) is 2.90. The third-order valence-corrected chi connectivity index (χ3v) is 3.85. The molecule has 0 spiro atoms. The molecule has 0 aliphatic rings. The fraction of sp³-hybridized carbons (Fsp3) is 0.0667. The van der Waals surface area contributed by atoms with Gasteiger partial charge in [-0.1, -0.05) is 0 Å². The summed E-state index contributed by atoms with van der Waals surface area (Å²) in [5.74, 6) is -1.09. The summed E-state index contributed by atoms with van der Waals surface area (Å²) in [6.45, 7) is -0.408. The maximum atomic E-state index is 11.8. The number of carbonyl (C=O) groups excluding carboxylic acids is 2. The van der Waals surface area contributed by atoms with Crippen LogP contribution < -0.4 is 5.32 Å². The summed E-state index contributed by atoms with van der Waals surface area (Å²) in [7, 11) is 0. The Morgan fingerprint density at radius 2 is 2.22 bits per heavy atom. The number of nitrogens with one attached hydrogen (secondary N) is 1. The van der Waals surface area contributed by atoms with Crippen LogP contribution in [0.3, 0.4) is 0 Å². The van der Waals surface area contributed by atoms with E-state index in [1.54, 1.807) is 30.3 Å². The maximum Gasteiger partial charge on any atom is 0.340 e. The van der Waals surface area contributed by atoms with Crippen LogP contribution in [0.25, 0.3) is 0 Å². The van der Waals surface area contributed by atoms with Crippen LogP contribution in [0.15, 0.2) is 52.1 Å². The molecule has 116 valence electrons. The molecule has 0 bridgehead atoms. The number of pyridine rings is 1. The average Bonchev–Trinajstić information content (AvgIpc) is 2.56. The molecule has 6 nitrogen and oxygen atoms in total. The lowest BCUT2D eigenvalue weighted by molar-refractivity contribution is -0.119. The van der Waals surface area contributed by atoms with Crippen LogP contribution in [0, 0.1) is 10.7 Å². The van der Waals surface area contributed by atoms with Crippen molar-refractivity contribution < 1.29 is 14.3 Å². The SMILES string of the molecule is N#CSc1ccc(NC(=O)COC(=O)c2cccnc2)c(Br)c1. The van der Waals surface area contributed by atoms with Gasteiger partial charge in [-0.3, -0.25) is 9.78 Å². The number of hydrogen-bond acceptors (Lipinski definition) is 6. The molecular formula is C15H10BrN3O3S. The highest BCUT2D eigenvalue weighted by Crippen LogP contribution is 2.28. The molecule has 8 heteroatoms. The van der Waals surface area contributed by atoms with Crippen LogP contribution in [-0.2, 0) is 9.53 Å². The molecule has 1 amide bonds. The number of amides is 1. The van der Waals surface area contributed by atoms with Gasteiger partial charge in [-0.2, -0.15) is 5.26 Å². The van der Waals surface area contributed by atoms with Gasteiger partial charge >= 0.3 is 5.97 Å². The number of nitrogens with zero attached hydrogens (tertiary/aromatic N) is 2. The largest absolute Gasteiger partial charge is 0.452 e. The molecule has 0 saturated carbocycles. The van der Waals surface area contributed by atoms with Crippen LogP contribution in [0.5, 0.6) is 0 Å². The summed E-state index contributed by atoms with van der Waals surface area (Å²) in [5.41, 5.74) is 0.800. The second kappa shape index (κ2) is 8.31. The molecule has 0 atom stereocenters. The zero-order valence-corrected chi connectivity index (χ0v) is 14.1. The number of aromatic nitrogens is 1. The first-order valence-electron chi connectivity index (χ1n) is 6.32. The van der Waals surface area contributed by atoms with Crippen LogP contribution in [0.1, 0.15) is 10.4 Å². The van der Waals surface area contributed by atoms with Gasteiger partial charge in [0.25, 0.3) is 5.91 Å². The van der Waals surface area contributed by atoms with E-state index in [0.717, 1.165) is 16.7 Å². The zero-order valence-electron chi connectivity index (χ0n) is 11.7. The van der Waals surface area contributed by atoms with E-state index in [9.17, 15) is 9.59 Å². The van der Waals surface area contributed by atoms with E-state index >= 15 is 0 Å². The second-order valence-electron chi connectivity index (χ2n) is 4.20. The normalized spacial score (nSPS) is 9.74. The number of esters is 1. The molecule has 2 rings (SSSR count). The van der Waals surface area contributed by atoms with E-state index in [1.165, 1.54) is 12.4 Å². The molecular weight excluding hydrogens is 382 g/mol. The van der Waals surface area contributed by atoms with E-state index in [0.29, 0.717) is 10.2 Å². The highest BCUT2D eigenvalue weighted by molar-refractivity contribution is 9.10. The van der Waals surface area contributed by atoms with Gasteiger partial charge in [0.1, 0.15) is 5.40 Å². The van der Waals surface area contributed by atoms with Gasteiger partial charge in [0.2, 0.25) is 0 Å². The van der Waals surface area contributed by atoms with Crippen LogP contribution in [0.4, 0.5) is 5.69 Å². The molecule has 0 unspecified atom stereocenters. The minimum Gasteiger partial charge on any atom is -0.452 e.